The molecule has 100 valence electrons. The highest BCUT2D eigenvalue weighted by atomic mass is 19.2. The molecule has 19 heavy (non-hydrogen) atoms. The number of nitrogens with zero attached hydrogens (tertiary/aromatic N) is 1. The molecule has 0 atom stereocenters. The Morgan fingerprint density at radius 2 is 1.95 bits per heavy atom. The van der Waals surface area contributed by atoms with Gasteiger partial charge >= 0.3 is 0 Å². The van der Waals surface area contributed by atoms with Crippen molar-refractivity contribution in [2.75, 3.05) is 7.05 Å². The molecule has 0 aliphatic rings. The van der Waals surface area contributed by atoms with E-state index in [9.17, 15) is 13.6 Å². The van der Waals surface area contributed by atoms with Crippen LogP contribution in [0.2, 0.25) is 0 Å². The maximum absolute atomic E-state index is 13.3. The Morgan fingerprint density at radius 3 is 2.58 bits per heavy atom. The predicted molar refractivity (Wildman–Crippen MR) is 69.5 cm³/mol. The van der Waals surface area contributed by atoms with Crippen molar-refractivity contribution in [2.24, 2.45) is 0 Å². The van der Waals surface area contributed by atoms with Gasteiger partial charge in [0.2, 0.25) is 0 Å². The lowest BCUT2D eigenvalue weighted by molar-refractivity contribution is 0.508. The topological polar surface area (TPSA) is 34.0 Å². The van der Waals surface area contributed by atoms with Gasteiger partial charge in [0.25, 0.3) is 0 Å². The number of halogens is 2. The second-order valence-electron chi connectivity index (χ2n) is 4.30. The van der Waals surface area contributed by atoms with E-state index >= 15 is 0 Å². The van der Waals surface area contributed by atoms with Crippen molar-refractivity contribution >= 4 is 0 Å². The predicted octanol–water partition coefficient (Wildman–Crippen LogP) is 2.14. The zero-order valence-electron chi connectivity index (χ0n) is 10.7. The normalized spacial score (nSPS) is 10.7. The van der Waals surface area contributed by atoms with Crippen LogP contribution in [0, 0.1) is 18.6 Å². The van der Waals surface area contributed by atoms with Crippen LogP contribution in [0.25, 0.3) is 5.69 Å². The Hall–Kier alpha value is -2.01. The van der Waals surface area contributed by atoms with Crippen LogP contribution >= 0.6 is 0 Å². The third kappa shape index (κ3) is 2.71. The molecule has 1 heterocycles. The third-order valence-electron chi connectivity index (χ3n) is 2.87. The molecule has 0 unspecified atom stereocenters. The van der Waals surface area contributed by atoms with Crippen LogP contribution in [0.1, 0.15) is 11.3 Å². The van der Waals surface area contributed by atoms with Crippen molar-refractivity contribution in [1.82, 2.24) is 9.88 Å². The SMILES string of the molecule is CNCc1cn(-c2ccc(F)c(F)c2)c(C)cc1=O. The summed E-state index contributed by atoms with van der Waals surface area (Å²) in [6.45, 7) is 2.16. The first-order valence-electron chi connectivity index (χ1n) is 5.85. The summed E-state index contributed by atoms with van der Waals surface area (Å²) in [5.41, 5.74) is 1.63. The number of hydrogen-bond acceptors (Lipinski definition) is 2. The maximum Gasteiger partial charge on any atom is 0.186 e. The Balaban J connectivity index is 2.57. The smallest absolute Gasteiger partial charge is 0.186 e. The zero-order chi connectivity index (χ0) is 14.0. The summed E-state index contributed by atoms with van der Waals surface area (Å²) in [4.78, 5) is 11.7. The lowest BCUT2D eigenvalue weighted by Gasteiger charge is -2.13. The number of pyridine rings is 1. The summed E-state index contributed by atoms with van der Waals surface area (Å²) < 4.78 is 27.9. The fraction of sp³-hybridized carbons (Fsp3) is 0.214. The molecule has 0 fully saturated rings. The molecule has 2 aromatic rings. The van der Waals surface area contributed by atoms with Gasteiger partial charge in [-0.15, -0.1) is 0 Å². The maximum atomic E-state index is 13.3. The highest BCUT2D eigenvalue weighted by Gasteiger charge is 2.08. The summed E-state index contributed by atoms with van der Waals surface area (Å²) in [7, 11) is 1.74. The minimum absolute atomic E-state index is 0.0781. The summed E-state index contributed by atoms with van der Waals surface area (Å²) in [5, 5.41) is 2.90. The van der Waals surface area contributed by atoms with Gasteiger partial charge in [-0.25, -0.2) is 8.78 Å². The van der Waals surface area contributed by atoms with Crippen molar-refractivity contribution < 1.29 is 8.78 Å². The highest BCUT2D eigenvalue weighted by Crippen LogP contribution is 2.15. The van der Waals surface area contributed by atoms with E-state index in [1.165, 1.54) is 12.1 Å². The quantitative estimate of drug-likeness (QED) is 0.921. The average molecular weight is 264 g/mol. The molecule has 0 bridgehead atoms. The van der Waals surface area contributed by atoms with Gasteiger partial charge in [-0.05, 0) is 26.1 Å². The van der Waals surface area contributed by atoms with Crippen molar-refractivity contribution in [3.8, 4) is 5.69 Å². The van der Waals surface area contributed by atoms with Crippen LogP contribution in [-0.2, 0) is 6.54 Å². The standard InChI is InChI=1S/C14H14F2N2O/c1-9-5-14(19)10(7-17-2)8-18(9)11-3-4-12(15)13(16)6-11/h3-6,8,17H,7H2,1-2H3. The van der Waals surface area contributed by atoms with Gasteiger partial charge in [-0.3, -0.25) is 4.79 Å². The molecule has 1 aromatic heterocycles. The van der Waals surface area contributed by atoms with Crippen LogP contribution in [0.15, 0.2) is 35.3 Å². The van der Waals surface area contributed by atoms with Crippen molar-refractivity contribution in [3.05, 3.63) is 63.6 Å². The zero-order valence-corrected chi connectivity index (χ0v) is 10.7. The largest absolute Gasteiger partial charge is 0.320 e. The van der Waals surface area contributed by atoms with Gasteiger partial charge in [-0.2, -0.15) is 0 Å². The van der Waals surface area contributed by atoms with Crippen LogP contribution in [0.5, 0.6) is 0 Å². The fourth-order valence-corrected chi connectivity index (χ4v) is 1.91. The van der Waals surface area contributed by atoms with E-state index in [-0.39, 0.29) is 5.43 Å². The third-order valence-corrected chi connectivity index (χ3v) is 2.87. The number of hydrogen-bond donors (Lipinski definition) is 1. The van der Waals surface area contributed by atoms with Crippen molar-refractivity contribution in [1.29, 1.82) is 0 Å². The van der Waals surface area contributed by atoms with E-state index in [0.717, 1.165) is 12.1 Å². The fourth-order valence-electron chi connectivity index (χ4n) is 1.91. The van der Waals surface area contributed by atoms with Gasteiger partial charge < -0.3 is 9.88 Å². The molecule has 3 nitrogen and oxygen atoms in total. The van der Waals surface area contributed by atoms with Gasteiger partial charge in [-0.1, -0.05) is 0 Å². The molecular formula is C14H14F2N2O. The molecule has 1 aromatic carbocycles. The summed E-state index contributed by atoms with van der Waals surface area (Å²) in [5.74, 6) is -1.80. The molecule has 0 saturated carbocycles. The molecule has 0 saturated heterocycles. The summed E-state index contributed by atoms with van der Waals surface area (Å²) >= 11 is 0. The highest BCUT2D eigenvalue weighted by molar-refractivity contribution is 5.36. The first kappa shape index (κ1) is 13.4. The van der Waals surface area contributed by atoms with Crippen LogP contribution < -0.4 is 10.7 Å². The number of aryl methyl sites for hydroxylation is 1. The molecule has 0 aliphatic carbocycles. The van der Waals surface area contributed by atoms with Crippen molar-refractivity contribution in [2.45, 2.75) is 13.5 Å². The van der Waals surface area contributed by atoms with E-state index in [4.69, 9.17) is 0 Å². The minimum Gasteiger partial charge on any atom is -0.320 e. The molecule has 2 rings (SSSR count). The second kappa shape index (κ2) is 5.32. The summed E-state index contributed by atoms with van der Waals surface area (Å²) in [6, 6.07) is 5.13. The van der Waals surface area contributed by atoms with Crippen LogP contribution in [0.3, 0.4) is 0 Å². The van der Waals surface area contributed by atoms with E-state index < -0.39 is 11.6 Å². The number of nitrogens with one attached hydrogen (secondary N) is 1. The molecule has 1 N–H and O–H groups in total. The van der Waals surface area contributed by atoms with E-state index in [0.29, 0.717) is 23.5 Å². The van der Waals surface area contributed by atoms with Crippen LogP contribution in [0.4, 0.5) is 8.78 Å². The summed E-state index contributed by atoms with van der Waals surface area (Å²) in [6.07, 6.45) is 1.64. The number of rotatable bonds is 3. The lowest BCUT2D eigenvalue weighted by atomic mass is 10.2. The average Bonchev–Trinajstić information content (AvgIpc) is 2.36. The molecular weight excluding hydrogens is 250 g/mol. The Labute approximate surface area is 109 Å². The number of aromatic nitrogens is 1. The first-order valence-corrected chi connectivity index (χ1v) is 5.85. The molecule has 0 radical (unpaired) electrons. The minimum atomic E-state index is -0.911. The van der Waals surface area contributed by atoms with Gasteiger partial charge in [0.1, 0.15) is 0 Å². The van der Waals surface area contributed by atoms with E-state index in [2.05, 4.69) is 5.32 Å². The Kier molecular flexibility index (Phi) is 3.76. The van der Waals surface area contributed by atoms with Gasteiger partial charge in [0.15, 0.2) is 17.1 Å². The molecule has 0 aliphatic heterocycles. The van der Waals surface area contributed by atoms with Crippen molar-refractivity contribution in [3.63, 3.8) is 0 Å². The van der Waals surface area contributed by atoms with Gasteiger partial charge in [0, 0.05) is 41.8 Å². The lowest BCUT2D eigenvalue weighted by Crippen LogP contribution is -2.19. The van der Waals surface area contributed by atoms with E-state index in [1.54, 1.807) is 24.7 Å². The molecule has 0 amide bonds. The van der Waals surface area contributed by atoms with Crippen LogP contribution in [-0.4, -0.2) is 11.6 Å². The van der Waals surface area contributed by atoms with Gasteiger partial charge in [0.05, 0.1) is 0 Å². The Morgan fingerprint density at radius 1 is 1.21 bits per heavy atom. The number of benzene rings is 1. The van der Waals surface area contributed by atoms with E-state index in [1.807, 2.05) is 0 Å². The Bertz CT molecular complexity index is 665. The monoisotopic (exact) mass is 264 g/mol. The second-order valence-corrected chi connectivity index (χ2v) is 4.30. The molecule has 5 heteroatoms. The first-order chi connectivity index (χ1) is 9.02. The molecule has 0 spiro atoms.